The molecule has 1 unspecified atom stereocenters. The van der Waals surface area contributed by atoms with Crippen LogP contribution in [-0.4, -0.2) is 28.7 Å². The summed E-state index contributed by atoms with van der Waals surface area (Å²) in [6.07, 6.45) is 2.04. The molecule has 106 valence electrons. The van der Waals surface area contributed by atoms with Crippen molar-refractivity contribution < 1.29 is 9.47 Å². The minimum absolute atomic E-state index is 0.000856. The maximum Gasteiger partial charge on any atom is 0.218 e. The maximum atomic E-state index is 5.65. The van der Waals surface area contributed by atoms with E-state index in [2.05, 4.69) is 36.1 Å². The summed E-state index contributed by atoms with van der Waals surface area (Å²) in [6.45, 7) is 9.63. The number of ether oxygens (including phenoxy) is 2. The van der Waals surface area contributed by atoms with Gasteiger partial charge in [0.1, 0.15) is 11.9 Å². The van der Waals surface area contributed by atoms with Crippen molar-refractivity contribution in [2.75, 3.05) is 18.5 Å². The lowest BCUT2D eigenvalue weighted by atomic mass is 10.1. The summed E-state index contributed by atoms with van der Waals surface area (Å²) in [5.74, 6) is 2.11. The number of rotatable bonds is 4. The van der Waals surface area contributed by atoms with Crippen LogP contribution in [0.15, 0.2) is 6.07 Å². The quantitative estimate of drug-likeness (QED) is 0.907. The second-order valence-electron chi connectivity index (χ2n) is 5.76. The summed E-state index contributed by atoms with van der Waals surface area (Å²) < 4.78 is 11.2. The predicted molar refractivity (Wildman–Crippen MR) is 74.5 cm³/mol. The van der Waals surface area contributed by atoms with Gasteiger partial charge in [-0.2, -0.15) is 4.98 Å². The van der Waals surface area contributed by atoms with Crippen molar-refractivity contribution in [3.05, 3.63) is 11.9 Å². The molecular weight excluding hydrogens is 242 g/mol. The van der Waals surface area contributed by atoms with Crippen molar-refractivity contribution in [1.29, 1.82) is 0 Å². The Bertz CT molecular complexity index is 423. The van der Waals surface area contributed by atoms with E-state index in [4.69, 9.17) is 9.47 Å². The van der Waals surface area contributed by atoms with E-state index in [-0.39, 0.29) is 11.6 Å². The van der Waals surface area contributed by atoms with Gasteiger partial charge >= 0.3 is 0 Å². The lowest BCUT2D eigenvalue weighted by Gasteiger charge is -2.22. The molecule has 1 aliphatic heterocycles. The lowest BCUT2D eigenvalue weighted by Crippen LogP contribution is -2.27. The molecule has 0 bridgehead atoms. The summed E-state index contributed by atoms with van der Waals surface area (Å²) >= 11 is 0. The van der Waals surface area contributed by atoms with Crippen molar-refractivity contribution >= 4 is 5.82 Å². The molecule has 1 saturated heterocycles. The molecule has 1 atom stereocenters. The van der Waals surface area contributed by atoms with Gasteiger partial charge in [0, 0.05) is 18.2 Å². The van der Waals surface area contributed by atoms with Crippen LogP contribution in [0.1, 0.15) is 52.5 Å². The van der Waals surface area contributed by atoms with Gasteiger partial charge in [-0.25, -0.2) is 4.98 Å². The Labute approximate surface area is 114 Å². The van der Waals surface area contributed by atoms with Crippen molar-refractivity contribution in [3.63, 3.8) is 0 Å². The minimum atomic E-state index is -0.0500. The van der Waals surface area contributed by atoms with E-state index in [9.17, 15) is 0 Å². The normalized spacial score (nSPS) is 19.5. The first kappa shape index (κ1) is 14.1. The summed E-state index contributed by atoms with van der Waals surface area (Å²) in [7, 11) is 0. The fourth-order valence-corrected chi connectivity index (χ4v) is 2.04. The Morgan fingerprint density at radius 1 is 1.42 bits per heavy atom. The maximum absolute atomic E-state index is 5.65. The highest BCUT2D eigenvalue weighted by molar-refractivity contribution is 5.40. The number of nitrogens with one attached hydrogen (secondary N) is 1. The fourth-order valence-electron chi connectivity index (χ4n) is 2.04. The SMILES string of the molecule is CCOc1cc(NC(C)(C)C)nc(C2CCCO2)n1. The molecule has 1 aromatic rings. The van der Waals surface area contributed by atoms with Gasteiger partial charge in [-0.1, -0.05) is 0 Å². The van der Waals surface area contributed by atoms with Crippen molar-refractivity contribution in [2.24, 2.45) is 0 Å². The molecule has 5 heteroatoms. The average Bonchev–Trinajstić information content (AvgIpc) is 2.79. The molecule has 19 heavy (non-hydrogen) atoms. The zero-order valence-corrected chi connectivity index (χ0v) is 12.2. The van der Waals surface area contributed by atoms with Gasteiger partial charge in [0.15, 0.2) is 5.82 Å². The van der Waals surface area contributed by atoms with Gasteiger partial charge < -0.3 is 14.8 Å². The standard InChI is InChI=1S/C14H23N3O2/c1-5-18-12-9-11(17-14(2,3)4)15-13(16-12)10-7-6-8-19-10/h9-10H,5-8H2,1-4H3,(H,15,16,17). The van der Waals surface area contributed by atoms with E-state index in [1.165, 1.54) is 0 Å². The van der Waals surface area contributed by atoms with Crippen LogP contribution in [-0.2, 0) is 4.74 Å². The Balaban J connectivity index is 2.26. The number of hydrogen-bond donors (Lipinski definition) is 1. The van der Waals surface area contributed by atoms with Crippen LogP contribution in [0.3, 0.4) is 0 Å². The van der Waals surface area contributed by atoms with Crippen LogP contribution in [0.4, 0.5) is 5.82 Å². The summed E-state index contributed by atoms with van der Waals surface area (Å²) in [4.78, 5) is 8.99. The molecule has 1 N–H and O–H groups in total. The average molecular weight is 265 g/mol. The van der Waals surface area contributed by atoms with Crippen LogP contribution in [0.5, 0.6) is 5.88 Å². The molecular formula is C14H23N3O2. The van der Waals surface area contributed by atoms with Crippen LogP contribution in [0, 0.1) is 0 Å². The molecule has 0 saturated carbocycles. The monoisotopic (exact) mass is 265 g/mol. The molecule has 0 amide bonds. The second kappa shape index (κ2) is 5.74. The summed E-state index contributed by atoms with van der Waals surface area (Å²) in [5, 5.41) is 3.36. The second-order valence-corrected chi connectivity index (χ2v) is 5.76. The lowest BCUT2D eigenvalue weighted by molar-refractivity contribution is 0.104. The van der Waals surface area contributed by atoms with Crippen molar-refractivity contribution in [3.8, 4) is 5.88 Å². The Morgan fingerprint density at radius 3 is 2.79 bits per heavy atom. The highest BCUT2D eigenvalue weighted by Gasteiger charge is 2.22. The highest BCUT2D eigenvalue weighted by atomic mass is 16.5. The largest absolute Gasteiger partial charge is 0.478 e. The molecule has 1 fully saturated rings. The van der Waals surface area contributed by atoms with E-state index >= 15 is 0 Å². The zero-order valence-electron chi connectivity index (χ0n) is 12.2. The van der Waals surface area contributed by atoms with Gasteiger partial charge in [-0.3, -0.25) is 0 Å². The number of aromatic nitrogens is 2. The van der Waals surface area contributed by atoms with Crippen LogP contribution in [0.2, 0.25) is 0 Å². The molecule has 2 heterocycles. The first-order chi connectivity index (χ1) is 8.98. The zero-order chi connectivity index (χ0) is 13.9. The number of nitrogens with zero attached hydrogens (tertiary/aromatic N) is 2. The number of anilines is 1. The van der Waals surface area contributed by atoms with E-state index in [1.54, 1.807) is 0 Å². The topological polar surface area (TPSA) is 56.3 Å². The van der Waals surface area contributed by atoms with E-state index in [1.807, 2.05) is 13.0 Å². The third-order valence-electron chi connectivity index (χ3n) is 2.73. The Hall–Kier alpha value is -1.36. The predicted octanol–water partition coefficient (Wildman–Crippen LogP) is 2.94. The van der Waals surface area contributed by atoms with Gasteiger partial charge in [0.2, 0.25) is 5.88 Å². The van der Waals surface area contributed by atoms with Crippen LogP contribution >= 0.6 is 0 Å². The summed E-state index contributed by atoms with van der Waals surface area (Å²) in [5.41, 5.74) is -0.0500. The van der Waals surface area contributed by atoms with Crippen molar-refractivity contribution in [1.82, 2.24) is 9.97 Å². The smallest absolute Gasteiger partial charge is 0.218 e. The molecule has 0 radical (unpaired) electrons. The van der Waals surface area contributed by atoms with E-state index in [0.29, 0.717) is 12.5 Å². The molecule has 1 aliphatic rings. The molecule has 0 aliphatic carbocycles. The van der Waals surface area contributed by atoms with Gasteiger partial charge in [-0.05, 0) is 40.5 Å². The Morgan fingerprint density at radius 2 is 2.21 bits per heavy atom. The van der Waals surface area contributed by atoms with Gasteiger partial charge in [0.05, 0.1) is 6.61 Å². The molecule has 1 aromatic heterocycles. The van der Waals surface area contributed by atoms with E-state index in [0.717, 1.165) is 31.1 Å². The molecule has 0 aromatic carbocycles. The highest BCUT2D eigenvalue weighted by Crippen LogP contribution is 2.28. The first-order valence-electron chi connectivity index (χ1n) is 6.89. The third-order valence-corrected chi connectivity index (χ3v) is 2.73. The van der Waals surface area contributed by atoms with Crippen molar-refractivity contribution in [2.45, 2.75) is 52.2 Å². The Kier molecular flexibility index (Phi) is 4.24. The molecule has 2 rings (SSSR count). The van der Waals surface area contributed by atoms with Crippen LogP contribution in [0.25, 0.3) is 0 Å². The van der Waals surface area contributed by atoms with Gasteiger partial charge in [-0.15, -0.1) is 0 Å². The third kappa shape index (κ3) is 4.06. The van der Waals surface area contributed by atoms with Gasteiger partial charge in [0.25, 0.3) is 0 Å². The van der Waals surface area contributed by atoms with E-state index < -0.39 is 0 Å². The van der Waals surface area contributed by atoms with Crippen LogP contribution < -0.4 is 10.1 Å². The first-order valence-corrected chi connectivity index (χ1v) is 6.89. The summed E-state index contributed by atoms with van der Waals surface area (Å²) in [6, 6.07) is 1.84. The fraction of sp³-hybridized carbons (Fsp3) is 0.714. The number of hydrogen-bond acceptors (Lipinski definition) is 5. The molecule has 0 spiro atoms. The minimum Gasteiger partial charge on any atom is -0.478 e. The molecule has 5 nitrogen and oxygen atoms in total.